The Balaban J connectivity index is 1.40. The molecular weight excluding hydrogens is 486 g/mol. The monoisotopic (exact) mass is 524 g/mol. The number of rotatable bonds is 12. The number of aryl methyl sites for hydroxylation is 1. The van der Waals surface area contributed by atoms with Gasteiger partial charge in [0.05, 0.1) is 41.0 Å². The number of nitrogens with zero attached hydrogens (tertiary/aromatic N) is 5. The molecule has 1 N–H and O–H groups in total. The van der Waals surface area contributed by atoms with Gasteiger partial charge in [-0.05, 0) is 83.9 Å². The van der Waals surface area contributed by atoms with Crippen molar-refractivity contribution < 1.29 is 13.5 Å². The van der Waals surface area contributed by atoms with Gasteiger partial charge in [0.25, 0.3) is 0 Å². The number of aromatic nitrogens is 4. The van der Waals surface area contributed by atoms with Gasteiger partial charge in [0, 0.05) is 29.9 Å². The number of ether oxygens (including phenoxy) is 1. The smallest absolute Gasteiger partial charge is 0.241 e. The number of fused-ring (bicyclic) bond motifs is 1. The lowest BCUT2D eigenvalue weighted by molar-refractivity contribution is -0.0557. The lowest BCUT2D eigenvalue weighted by atomic mass is 9.83. The standard InChI is InChI=1S/C29H38F2N6O/c1-5-6-18-38-29(4)15-12-22(13-16-29)35-28-32-19-26-23(14-17-37(26)36-28)25-11-10-24(21(3)34-25)33-20(2)8-7-9-27(30)31/h5,10-11,14,17,19,22,27H,1,6-9,12-13,15-16,18H2,2-4H3,(H,35,36). The molecule has 0 aliphatic heterocycles. The van der Waals surface area contributed by atoms with Crippen LogP contribution in [0.2, 0.25) is 0 Å². The Hall–Kier alpha value is -3.20. The largest absolute Gasteiger partial charge is 0.375 e. The average molecular weight is 525 g/mol. The number of anilines is 1. The molecule has 1 aliphatic carbocycles. The molecule has 0 spiro atoms. The van der Waals surface area contributed by atoms with Crippen LogP contribution >= 0.6 is 0 Å². The number of pyridine rings is 1. The molecule has 1 aliphatic rings. The molecule has 1 saturated carbocycles. The van der Waals surface area contributed by atoms with Crippen molar-refractivity contribution in [2.45, 2.75) is 90.2 Å². The number of nitrogens with one attached hydrogen (secondary N) is 1. The van der Waals surface area contributed by atoms with Gasteiger partial charge in [-0.1, -0.05) is 6.08 Å². The zero-order chi connectivity index (χ0) is 27.1. The van der Waals surface area contributed by atoms with Crippen LogP contribution < -0.4 is 5.32 Å². The van der Waals surface area contributed by atoms with Crippen molar-refractivity contribution in [1.82, 2.24) is 19.6 Å². The average Bonchev–Trinajstić information content (AvgIpc) is 3.30. The highest BCUT2D eigenvalue weighted by atomic mass is 19.3. The molecule has 7 nitrogen and oxygen atoms in total. The fourth-order valence-electron chi connectivity index (χ4n) is 4.87. The number of halogens is 2. The highest BCUT2D eigenvalue weighted by molar-refractivity contribution is 5.85. The Kier molecular flexibility index (Phi) is 9.20. The summed E-state index contributed by atoms with van der Waals surface area (Å²) < 4.78 is 32.7. The van der Waals surface area contributed by atoms with E-state index in [4.69, 9.17) is 9.72 Å². The van der Waals surface area contributed by atoms with E-state index in [0.29, 0.717) is 24.8 Å². The molecule has 0 aromatic carbocycles. The second kappa shape index (κ2) is 12.6. The molecule has 0 amide bonds. The summed E-state index contributed by atoms with van der Waals surface area (Å²) in [4.78, 5) is 13.9. The van der Waals surface area contributed by atoms with Crippen LogP contribution in [0.25, 0.3) is 16.8 Å². The summed E-state index contributed by atoms with van der Waals surface area (Å²) in [6.07, 6.45) is 9.13. The number of hydrogen-bond donors (Lipinski definition) is 1. The van der Waals surface area contributed by atoms with Crippen LogP contribution in [0, 0.1) is 6.92 Å². The van der Waals surface area contributed by atoms with E-state index in [2.05, 4.69) is 33.9 Å². The Bertz CT molecular complexity index is 1260. The third kappa shape index (κ3) is 7.22. The van der Waals surface area contributed by atoms with Crippen molar-refractivity contribution in [3.63, 3.8) is 0 Å². The summed E-state index contributed by atoms with van der Waals surface area (Å²) in [5, 5.41) is 8.18. The highest BCUT2D eigenvalue weighted by Crippen LogP contribution is 2.33. The second-order valence-corrected chi connectivity index (χ2v) is 10.4. The third-order valence-electron chi connectivity index (χ3n) is 7.17. The van der Waals surface area contributed by atoms with E-state index < -0.39 is 6.43 Å². The molecule has 4 rings (SSSR count). The minimum atomic E-state index is -2.27. The molecule has 0 saturated heterocycles. The molecule has 38 heavy (non-hydrogen) atoms. The first-order valence-electron chi connectivity index (χ1n) is 13.4. The van der Waals surface area contributed by atoms with Gasteiger partial charge in [0.2, 0.25) is 12.4 Å². The molecule has 9 heteroatoms. The Morgan fingerprint density at radius 3 is 2.82 bits per heavy atom. The number of aliphatic imine (C=N–C) groups is 1. The van der Waals surface area contributed by atoms with Crippen molar-refractivity contribution in [2.75, 3.05) is 11.9 Å². The predicted octanol–water partition coefficient (Wildman–Crippen LogP) is 7.33. The van der Waals surface area contributed by atoms with E-state index in [-0.39, 0.29) is 12.0 Å². The van der Waals surface area contributed by atoms with Gasteiger partial charge in [-0.3, -0.25) is 9.98 Å². The van der Waals surface area contributed by atoms with Gasteiger partial charge >= 0.3 is 0 Å². The molecule has 0 bridgehead atoms. The van der Waals surface area contributed by atoms with Gasteiger partial charge in [-0.15, -0.1) is 11.7 Å². The first kappa shape index (κ1) is 27.8. The maximum absolute atomic E-state index is 12.4. The third-order valence-corrected chi connectivity index (χ3v) is 7.17. The first-order chi connectivity index (χ1) is 18.3. The summed E-state index contributed by atoms with van der Waals surface area (Å²) in [5.41, 5.74) is 4.92. The summed E-state index contributed by atoms with van der Waals surface area (Å²) in [6.45, 7) is 10.5. The zero-order valence-electron chi connectivity index (χ0n) is 22.6. The van der Waals surface area contributed by atoms with E-state index in [0.717, 1.165) is 72.6 Å². The molecule has 1 fully saturated rings. The van der Waals surface area contributed by atoms with Crippen molar-refractivity contribution >= 4 is 22.9 Å². The van der Waals surface area contributed by atoms with E-state index in [1.54, 1.807) is 0 Å². The number of alkyl halides is 2. The summed E-state index contributed by atoms with van der Waals surface area (Å²) >= 11 is 0. The number of hydrogen-bond acceptors (Lipinski definition) is 6. The molecule has 0 radical (unpaired) electrons. The topological polar surface area (TPSA) is 76.7 Å². The normalized spacial score (nSPS) is 20.3. The summed E-state index contributed by atoms with van der Waals surface area (Å²) in [7, 11) is 0. The van der Waals surface area contributed by atoms with Gasteiger partial charge in [0.15, 0.2) is 0 Å². The minimum Gasteiger partial charge on any atom is -0.375 e. The van der Waals surface area contributed by atoms with Crippen LogP contribution in [-0.2, 0) is 4.74 Å². The fraction of sp³-hybridized carbons (Fsp3) is 0.517. The quantitative estimate of drug-likeness (QED) is 0.152. The molecule has 0 atom stereocenters. The Morgan fingerprint density at radius 2 is 2.11 bits per heavy atom. The van der Waals surface area contributed by atoms with Crippen LogP contribution in [0.1, 0.15) is 70.9 Å². The van der Waals surface area contributed by atoms with E-state index in [1.807, 2.05) is 55.0 Å². The SMILES string of the molecule is C=CCCOC1(C)CCC(Nc2ncc3c(-c4ccc(N=C(C)CCCC(F)F)c(C)n4)ccn3n2)CC1. The van der Waals surface area contributed by atoms with E-state index in [9.17, 15) is 8.78 Å². The van der Waals surface area contributed by atoms with Crippen LogP contribution in [0.15, 0.2) is 48.2 Å². The lowest BCUT2D eigenvalue weighted by Gasteiger charge is -2.37. The zero-order valence-corrected chi connectivity index (χ0v) is 22.6. The fourth-order valence-corrected chi connectivity index (χ4v) is 4.87. The molecule has 0 unspecified atom stereocenters. The highest BCUT2D eigenvalue weighted by Gasteiger charge is 2.32. The first-order valence-corrected chi connectivity index (χ1v) is 13.4. The van der Waals surface area contributed by atoms with E-state index in [1.165, 1.54) is 0 Å². The van der Waals surface area contributed by atoms with E-state index >= 15 is 0 Å². The molecule has 204 valence electrons. The summed E-state index contributed by atoms with van der Waals surface area (Å²) in [5.74, 6) is 0.608. The predicted molar refractivity (Wildman–Crippen MR) is 149 cm³/mol. The molecule has 3 aromatic rings. The minimum absolute atomic E-state index is 0.0691. The van der Waals surface area contributed by atoms with Crippen molar-refractivity contribution in [1.29, 1.82) is 0 Å². The second-order valence-electron chi connectivity index (χ2n) is 10.4. The van der Waals surface area contributed by atoms with Gasteiger partial charge in [-0.2, -0.15) is 0 Å². The van der Waals surface area contributed by atoms with Gasteiger partial charge < -0.3 is 10.1 Å². The van der Waals surface area contributed by atoms with Crippen molar-refractivity contribution in [3.8, 4) is 11.3 Å². The van der Waals surface area contributed by atoms with Crippen molar-refractivity contribution in [2.24, 2.45) is 4.99 Å². The lowest BCUT2D eigenvalue weighted by Crippen LogP contribution is -2.38. The van der Waals surface area contributed by atoms with Crippen LogP contribution in [0.4, 0.5) is 20.4 Å². The Morgan fingerprint density at radius 1 is 1.32 bits per heavy atom. The summed E-state index contributed by atoms with van der Waals surface area (Å²) in [6, 6.07) is 6.15. The molecular formula is C29H38F2N6O. The maximum atomic E-state index is 12.4. The van der Waals surface area contributed by atoms with Gasteiger partial charge in [-0.25, -0.2) is 18.3 Å². The maximum Gasteiger partial charge on any atom is 0.241 e. The van der Waals surface area contributed by atoms with Crippen LogP contribution in [0.5, 0.6) is 0 Å². The van der Waals surface area contributed by atoms with Crippen LogP contribution in [0.3, 0.4) is 0 Å². The van der Waals surface area contributed by atoms with Crippen molar-refractivity contribution in [3.05, 3.63) is 48.9 Å². The Labute approximate surface area is 223 Å². The van der Waals surface area contributed by atoms with Gasteiger partial charge in [0.1, 0.15) is 0 Å². The molecule has 3 heterocycles. The molecule has 3 aromatic heterocycles. The van der Waals surface area contributed by atoms with Crippen LogP contribution in [-0.4, -0.2) is 50.0 Å².